The number of benzene rings is 1. The monoisotopic (exact) mass is 383 g/mol. The molecular weight excluding hydrogens is 358 g/mol. The van der Waals surface area contributed by atoms with Crippen LogP contribution in [0.5, 0.6) is 5.75 Å². The van der Waals surface area contributed by atoms with Crippen LogP contribution in [0.25, 0.3) is 0 Å². The number of carbonyl (C=O) groups is 2. The minimum atomic E-state index is -0.620. The van der Waals surface area contributed by atoms with E-state index in [0.717, 1.165) is 43.2 Å². The van der Waals surface area contributed by atoms with E-state index in [1.165, 1.54) is 0 Å². The SMILES string of the molecule is COc1ccc(CNC(=O)C(=O)NCC2CCN(c3ncccn3)CC2)cc1. The van der Waals surface area contributed by atoms with Crippen molar-refractivity contribution >= 4 is 17.8 Å². The zero-order valence-corrected chi connectivity index (χ0v) is 15.9. The second-order valence-corrected chi connectivity index (χ2v) is 6.72. The third-order valence-corrected chi connectivity index (χ3v) is 4.82. The summed E-state index contributed by atoms with van der Waals surface area (Å²) in [6, 6.07) is 9.12. The van der Waals surface area contributed by atoms with Gasteiger partial charge in [-0.05, 0) is 42.5 Å². The average Bonchev–Trinajstić information content (AvgIpc) is 2.77. The molecule has 0 spiro atoms. The molecule has 2 N–H and O–H groups in total. The normalized spacial score (nSPS) is 14.4. The topological polar surface area (TPSA) is 96.4 Å². The number of nitrogens with one attached hydrogen (secondary N) is 2. The van der Waals surface area contributed by atoms with Gasteiger partial charge in [-0.3, -0.25) is 9.59 Å². The summed E-state index contributed by atoms with van der Waals surface area (Å²) < 4.78 is 5.09. The molecule has 1 aromatic heterocycles. The van der Waals surface area contributed by atoms with Crippen molar-refractivity contribution in [3.63, 3.8) is 0 Å². The number of hydrogen-bond acceptors (Lipinski definition) is 6. The maximum atomic E-state index is 12.0. The Morgan fingerprint density at radius 1 is 1.07 bits per heavy atom. The van der Waals surface area contributed by atoms with Crippen molar-refractivity contribution in [2.24, 2.45) is 5.92 Å². The summed E-state index contributed by atoms with van der Waals surface area (Å²) >= 11 is 0. The van der Waals surface area contributed by atoms with Crippen molar-refractivity contribution in [1.82, 2.24) is 20.6 Å². The highest BCUT2D eigenvalue weighted by Gasteiger charge is 2.22. The van der Waals surface area contributed by atoms with Crippen LogP contribution < -0.4 is 20.3 Å². The molecule has 1 fully saturated rings. The number of piperidine rings is 1. The van der Waals surface area contributed by atoms with E-state index in [1.54, 1.807) is 25.6 Å². The Kier molecular flexibility index (Phi) is 6.78. The van der Waals surface area contributed by atoms with Crippen LogP contribution in [0.4, 0.5) is 5.95 Å². The summed E-state index contributed by atoms with van der Waals surface area (Å²) in [6.45, 7) is 2.48. The van der Waals surface area contributed by atoms with E-state index < -0.39 is 11.8 Å². The first-order valence-electron chi connectivity index (χ1n) is 9.36. The molecular formula is C20H25N5O3. The molecule has 2 amide bonds. The van der Waals surface area contributed by atoms with E-state index in [0.29, 0.717) is 19.0 Å². The number of ether oxygens (including phenoxy) is 1. The van der Waals surface area contributed by atoms with Crippen molar-refractivity contribution < 1.29 is 14.3 Å². The molecule has 0 unspecified atom stereocenters. The Bertz CT molecular complexity index is 774. The highest BCUT2D eigenvalue weighted by atomic mass is 16.5. The van der Waals surface area contributed by atoms with Gasteiger partial charge in [0, 0.05) is 38.6 Å². The van der Waals surface area contributed by atoms with Crippen LogP contribution in [0.3, 0.4) is 0 Å². The number of nitrogens with zero attached hydrogens (tertiary/aromatic N) is 3. The van der Waals surface area contributed by atoms with E-state index in [4.69, 9.17) is 4.74 Å². The lowest BCUT2D eigenvalue weighted by Crippen LogP contribution is -2.43. The molecule has 3 rings (SSSR count). The summed E-state index contributed by atoms with van der Waals surface area (Å²) in [6.07, 6.45) is 5.32. The van der Waals surface area contributed by atoms with Crippen molar-refractivity contribution in [3.05, 3.63) is 48.3 Å². The zero-order chi connectivity index (χ0) is 19.8. The molecule has 1 aliphatic heterocycles. The number of hydrogen-bond donors (Lipinski definition) is 2. The van der Waals surface area contributed by atoms with E-state index in [1.807, 2.05) is 24.3 Å². The standard InChI is InChI=1S/C20H25N5O3/c1-28-17-5-3-15(4-6-17)13-23-18(26)19(27)24-14-16-7-11-25(12-8-16)20-21-9-2-10-22-20/h2-6,9-10,16H,7-8,11-14H2,1H3,(H,23,26)(H,24,27). The second-order valence-electron chi connectivity index (χ2n) is 6.72. The molecule has 148 valence electrons. The number of carbonyl (C=O) groups excluding carboxylic acids is 2. The predicted molar refractivity (Wildman–Crippen MR) is 105 cm³/mol. The molecule has 8 nitrogen and oxygen atoms in total. The highest BCUT2D eigenvalue weighted by molar-refractivity contribution is 6.35. The summed E-state index contributed by atoms with van der Waals surface area (Å²) in [5.41, 5.74) is 0.900. The minimum Gasteiger partial charge on any atom is -0.497 e. The summed E-state index contributed by atoms with van der Waals surface area (Å²) in [4.78, 5) is 34.7. The molecule has 1 aromatic carbocycles. The van der Waals surface area contributed by atoms with E-state index >= 15 is 0 Å². The summed E-state index contributed by atoms with van der Waals surface area (Å²) in [7, 11) is 1.60. The van der Waals surface area contributed by atoms with Gasteiger partial charge in [-0.2, -0.15) is 0 Å². The zero-order valence-electron chi connectivity index (χ0n) is 15.9. The third kappa shape index (κ3) is 5.42. The molecule has 28 heavy (non-hydrogen) atoms. The molecule has 0 atom stereocenters. The fraction of sp³-hybridized carbons (Fsp3) is 0.400. The molecule has 1 saturated heterocycles. The molecule has 2 aromatic rings. The van der Waals surface area contributed by atoms with Crippen LogP contribution in [0.2, 0.25) is 0 Å². The third-order valence-electron chi connectivity index (χ3n) is 4.82. The highest BCUT2D eigenvalue weighted by Crippen LogP contribution is 2.19. The molecule has 0 saturated carbocycles. The Morgan fingerprint density at radius 2 is 1.71 bits per heavy atom. The number of anilines is 1. The van der Waals surface area contributed by atoms with Crippen molar-refractivity contribution in [2.75, 3.05) is 31.6 Å². The second kappa shape index (κ2) is 9.68. The van der Waals surface area contributed by atoms with Crippen LogP contribution in [-0.2, 0) is 16.1 Å². The first kappa shape index (κ1) is 19.6. The van der Waals surface area contributed by atoms with Gasteiger partial charge in [-0.1, -0.05) is 12.1 Å². The first-order chi connectivity index (χ1) is 13.7. The molecule has 2 heterocycles. The lowest BCUT2D eigenvalue weighted by Gasteiger charge is -2.31. The van der Waals surface area contributed by atoms with Crippen LogP contribution in [-0.4, -0.2) is 48.5 Å². The maximum absolute atomic E-state index is 12.0. The van der Waals surface area contributed by atoms with Gasteiger partial charge < -0.3 is 20.3 Å². The lowest BCUT2D eigenvalue weighted by atomic mass is 9.97. The Labute approximate surface area is 164 Å². The van der Waals surface area contributed by atoms with Crippen LogP contribution >= 0.6 is 0 Å². The fourth-order valence-electron chi connectivity index (χ4n) is 3.11. The number of rotatable bonds is 6. The van der Waals surface area contributed by atoms with Crippen LogP contribution in [0.1, 0.15) is 18.4 Å². The number of aromatic nitrogens is 2. The summed E-state index contributed by atoms with van der Waals surface area (Å²) in [5.74, 6) is 0.618. The minimum absolute atomic E-state index is 0.297. The van der Waals surface area contributed by atoms with Gasteiger partial charge in [0.25, 0.3) is 0 Å². The molecule has 0 radical (unpaired) electrons. The largest absolute Gasteiger partial charge is 0.497 e. The fourth-order valence-corrected chi connectivity index (χ4v) is 3.11. The van der Waals surface area contributed by atoms with Crippen LogP contribution in [0.15, 0.2) is 42.7 Å². The Morgan fingerprint density at radius 3 is 2.36 bits per heavy atom. The number of methoxy groups -OCH3 is 1. The average molecular weight is 383 g/mol. The van der Waals surface area contributed by atoms with Gasteiger partial charge >= 0.3 is 11.8 Å². The smallest absolute Gasteiger partial charge is 0.309 e. The van der Waals surface area contributed by atoms with Gasteiger partial charge in [-0.15, -0.1) is 0 Å². The van der Waals surface area contributed by atoms with E-state index in [9.17, 15) is 9.59 Å². The molecule has 8 heteroatoms. The van der Waals surface area contributed by atoms with Gasteiger partial charge in [0.05, 0.1) is 7.11 Å². The van der Waals surface area contributed by atoms with Crippen molar-refractivity contribution in [3.8, 4) is 5.75 Å². The Hall–Kier alpha value is -3.16. The van der Waals surface area contributed by atoms with Gasteiger partial charge in [0.2, 0.25) is 5.95 Å². The number of amides is 2. The lowest BCUT2D eigenvalue weighted by molar-refractivity contribution is -0.139. The van der Waals surface area contributed by atoms with Gasteiger partial charge in [-0.25, -0.2) is 9.97 Å². The van der Waals surface area contributed by atoms with Crippen LogP contribution in [0, 0.1) is 5.92 Å². The molecule has 0 aliphatic carbocycles. The van der Waals surface area contributed by atoms with Crippen molar-refractivity contribution in [2.45, 2.75) is 19.4 Å². The van der Waals surface area contributed by atoms with Crippen molar-refractivity contribution in [1.29, 1.82) is 0 Å². The molecule has 1 aliphatic rings. The van der Waals surface area contributed by atoms with Gasteiger partial charge in [0.15, 0.2) is 0 Å². The van der Waals surface area contributed by atoms with E-state index in [2.05, 4.69) is 25.5 Å². The predicted octanol–water partition coefficient (Wildman–Crippen LogP) is 1.13. The van der Waals surface area contributed by atoms with E-state index in [-0.39, 0.29) is 0 Å². The first-order valence-corrected chi connectivity index (χ1v) is 9.36. The van der Waals surface area contributed by atoms with Gasteiger partial charge in [0.1, 0.15) is 5.75 Å². The summed E-state index contributed by atoms with van der Waals surface area (Å²) in [5, 5.41) is 5.38. The Balaban J connectivity index is 1.36. The maximum Gasteiger partial charge on any atom is 0.309 e. The quantitative estimate of drug-likeness (QED) is 0.726. The molecule has 0 bridgehead atoms.